The average Bonchev–Trinajstić information content (AvgIpc) is 2.79. The van der Waals surface area contributed by atoms with Crippen LogP contribution in [0.4, 0.5) is 10.1 Å². The first kappa shape index (κ1) is 21.2. The van der Waals surface area contributed by atoms with E-state index in [0.717, 1.165) is 5.56 Å². The van der Waals surface area contributed by atoms with E-state index in [1.807, 2.05) is 6.92 Å². The minimum absolute atomic E-state index is 0.130. The lowest BCUT2D eigenvalue weighted by molar-refractivity contribution is 0.102. The van der Waals surface area contributed by atoms with Gasteiger partial charge in [-0.05, 0) is 61.9 Å². The van der Waals surface area contributed by atoms with Gasteiger partial charge in [-0.15, -0.1) is 0 Å². The molecule has 1 aromatic heterocycles. The van der Waals surface area contributed by atoms with Crippen LogP contribution in [0, 0.1) is 12.7 Å². The number of benzene rings is 3. The van der Waals surface area contributed by atoms with Crippen LogP contribution < -0.4 is 15.6 Å². The van der Waals surface area contributed by atoms with Crippen molar-refractivity contribution in [2.45, 2.75) is 27.0 Å². The molecule has 0 saturated heterocycles. The molecule has 0 spiro atoms. The van der Waals surface area contributed by atoms with Crippen LogP contribution >= 0.6 is 0 Å². The molecule has 0 aliphatic rings. The quantitative estimate of drug-likeness (QED) is 0.481. The summed E-state index contributed by atoms with van der Waals surface area (Å²) in [5, 5.41) is 2.86. The summed E-state index contributed by atoms with van der Waals surface area (Å²) >= 11 is 0. The number of aromatic nitrogens is 2. The molecule has 6 nitrogen and oxygen atoms in total. The number of hydrogen-bond acceptors (Lipinski definition) is 4. The molecule has 32 heavy (non-hydrogen) atoms. The minimum atomic E-state index is -0.296. The standard InChI is InChI=1S/C25H22FN3O3/c1-3-29-23-12-9-18(13-22(23)27-16(2)25(29)31)24(30)28-20-5-4-6-21(14-20)32-15-17-7-10-19(26)11-8-17/h4-14H,3,15H2,1-2H3,(H,28,30). The molecule has 0 radical (unpaired) electrons. The van der Waals surface area contributed by atoms with Gasteiger partial charge in [-0.3, -0.25) is 9.59 Å². The Bertz CT molecular complexity index is 1350. The maximum absolute atomic E-state index is 13.0. The number of aryl methyl sites for hydroxylation is 2. The van der Waals surface area contributed by atoms with Gasteiger partial charge in [0, 0.05) is 23.9 Å². The van der Waals surface area contributed by atoms with Crippen LogP contribution in [0.15, 0.2) is 71.5 Å². The summed E-state index contributed by atoms with van der Waals surface area (Å²) in [6, 6.07) is 18.2. The number of nitrogens with zero attached hydrogens (tertiary/aromatic N) is 2. The fourth-order valence-electron chi connectivity index (χ4n) is 3.44. The van der Waals surface area contributed by atoms with Crippen molar-refractivity contribution in [3.63, 3.8) is 0 Å². The Balaban J connectivity index is 1.50. The van der Waals surface area contributed by atoms with Crippen molar-refractivity contribution in [3.8, 4) is 5.75 Å². The first-order valence-electron chi connectivity index (χ1n) is 10.2. The van der Waals surface area contributed by atoms with Gasteiger partial charge in [-0.25, -0.2) is 9.37 Å². The topological polar surface area (TPSA) is 73.2 Å². The van der Waals surface area contributed by atoms with Crippen LogP contribution in [-0.4, -0.2) is 15.5 Å². The number of carbonyl (C=O) groups is 1. The lowest BCUT2D eigenvalue weighted by Gasteiger charge is -2.11. The zero-order valence-electron chi connectivity index (χ0n) is 17.8. The van der Waals surface area contributed by atoms with Crippen molar-refractivity contribution in [1.82, 2.24) is 9.55 Å². The van der Waals surface area contributed by atoms with Crippen molar-refractivity contribution >= 4 is 22.6 Å². The second-order valence-electron chi connectivity index (χ2n) is 7.35. The highest BCUT2D eigenvalue weighted by molar-refractivity contribution is 6.06. The second kappa shape index (κ2) is 9.01. The third-order valence-electron chi connectivity index (χ3n) is 5.10. The Labute approximate surface area is 184 Å². The van der Waals surface area contributed by atoms with Gasteiger partial charge >= 0.3 is 0 Å². The van der Waals surface area contributed by atoms with E-state index in [1.54, 1.807) is 66.1 Å². The molecule has 4 rings (SSSR count). The molecular weight excluding hydrogens is 409 g/mol. The first-order valence-corrected chi connectivity index (χ1v) is 10.2. The fourth-order valence-corrected chi connectivity index (χ4v) is 3.44. The summed E-state index contributed by atoms with van der Waals surface area (Å²) < 4.78 is 20.4. The second-order valence-corrected chi connectivity index (χ2v) is 7.35. The molecule has 0 aliphatic heterocycles. The van der Waals surface area contributed by atoms with E-state index in [1.165, 1.54) is 12.1 Å². The smallest absolute Gasteiger partial charge is 0.272 e. The highest BCUT2D eigenvalue weighted by Crippen LogP contribution is 2.20. The highest BCUT2D eigenvalue weighted by Gasteiger charge is 2.12. The Kier molecular flexibility index (Phi) is 5.98. The predicted octanol–water partition coefficient (Wildman–Crippen LogP) is 4.70. The van der Waals surface area contributed by atoms with Crippen LogP contribution in [0.5, 0.6) is 5.75 Å². The maximum Gasteiger partial charge on any atom is 0.272 e. The molecule has 1 N–H and O–H groups in total. The fraction of sp³-hybridized carbons (Fsp3) is 0.160. The number of rotatable bonds is 6. The van der Waals surface area contributed by atoms with Crippen LogP contribution in [0.25, 0.3) is 11.0 Å². The summed E-state index contributed by atoms with van der Waals surface area (Å²) in [6.45, 7) is 4.37. The van der Waals surface area contributed by atoms with E-state index in [4.69, 9.17) is 4.74 Å². The van der Waals surface area contributed by atoms with Gasteiger partial charge in [0.05, 0.1) is 11.0 Å². The number of halogens is 1. The normalized spacial score (nSPS) is 10.8. The number of amides is 1. The van der Waals surface area contributed by atoms with Gasteiger partial charge in [0.2, 0.25) is 0 Å². The van der Waals surface area contributed by atoms with Gasteiger partial charge in [-0.2, -0.15) is 0 Å². The number of fused-ring (bicyclic) bond motifs is 1. The molecule has 0 saturated carbocycles. The van der Waals surface area contributed by atoms with Crippen LogP contribution in [-0.2, 0) is 13.2 Å². The summed E-state index contributed by atoms with van der Waals surface area (Å²) in [5.74, 6) is -0.0123. The zero-order valence-corrected chi connectivity index (χ0v) is 17.8. The highest BCUT2D eigenvalue weighted by atomic mass is 19.1. The molecule has 0 atom stereocenters. The van der Waals surface area contributed by atoms with Crippen LogP contribution in [0.1, 0.15) is 28.5 Å². The molecular formula is C25H22FN3O3. The minimum Gasteiger partial charge on any atom is -0.489 e. The Hall–Kier alpha value is -4.00. The van der Waals surface area contributed by atoms with Crippen LogP contribution in [0.3, 0.4) is 0 Å². The molecule has 162 valence electrons. The predicted molar refractivity (Wildman–Crippen MR) is 122 cm³/mol. The average molecular weight is 431 g/mol. The van der Waals surface area contributed by atoms with E-state index < -0.39 is 0 Å². The maximum atomic E-state index is 13.0. The third-order valence-corrected chi connectivity index (χ3v) is 5.10. The van der Waals surface area contributed by atoms with E-state index in [2.05, 4.69) is 10.3 Å². The zero-order chi connectivity index (χ0) is 22.7. The van der Waals surface area contributed by atoms with Crippen molar-refractivity contribution in [3.05, 3.63) is 99.7 Å². The molecule has 0 aliphatic carbocycles. The van der Waals surface area contributed by atoms with Gasteiger partial charge in [0.25, 0.3) is 11.5 Å². The SMILES string of the molecule is CCn1c(=O)c(C)nc2cc(C(=O)Nc3cccc(OCc4ccc(F)cc4)c3)ccc21. The Morgan fingerprint density at radius 3 is 2.62 bits per heavy atom. The van der Waals surface area contributed by atoms with Crippen molar-refractivity contribution < 1.29 is 13.9 Å². The number of carbonyl (C=O) groups excluding carboxylic acids is 1. The molecule has 1 heterocycles. The molecule has 0 fully saturated rings. The third kappa shape index (κ3) is 4.51. The summed E-state index contributed by atoms with van der Waals surface area (Å²) in [4.78, 5) is 29.4. The molecule has 0 bridgehead atoms. The van der Waals surface area contributed by atoms with Crippen LogP contribution in [0.2, 0.25) is 0 Å². The molecule has 3 aromatic carbocycles. The van der Waals surface area contributed by atoms with E-state index in [-0.39, 0.29) is 23.9 Å². The largest absolute Gasteiger partial charge is 0.489 e. The Morgan fingerprint density at radius 2 is 1.88 bits per heavy atom. The number of anilines is 1. The number of ether oxygens (including phenoxy) is 1. The van der Waals surface area contributed by atoms with E-state index >= 15 is 0 Å². The summed E-state index contributed by atoms with van der Waals surface area (Å²) in [7, 11) is 0. The van der Waals surface area contributed by atoms with E-state index in [9.17, 15) is 14.0 Å². The lowest BCUT2D eigenvalue weighted by atomic mass is 10.1. The van der Waals surface area contributed by atoms with E-state index in [0.29, 0.717) is 40.3 Å². The Morgan fingerprint density at radius 1 is 1.09 bits per heavy atom. The number of nitrogens with one attached hydrogen (secondary N) is 1. The van der Waals surface area contributed by atoms with Gasteiger partial charge in [-0.1, -0.05) is 18.2 Å². The summed E-state index contributed by atoms with van der Waals surface area (Å²) in [6.07, 6.45) is 0. The monoisotopic (exact) mass is 431 g/mol. The van der Waals surface area contributed by atoms with Crippen molar-refractivity contribution in [2.24, 2.45) is 0 Å². The van der Waals surface area contributed by atoms with Crippen molar-refractivity contribution in [2.75, 3.05) is 5.32 Å². The van der Waals surface area contributed by atoms with Gasteiger partial charge in [0.15, 0.2) is 0 Å². The molecule has 4 aromatic rings. The number of hydrogen-bond donors (Lipinski definition) is 1. The lowest BCUT2D eigenvalue weighted by Crippen LogP contribution is -2.23. The van der Waals surface area contributed by atoms with Gasteiger partial charge < -0.3 is 14.6 Å². The van der Waals surface area contributed by atoms with Crippen molar-refractivity contribution in [1.29, 1.82) is 0 Å². The van der Waals surface area contributed by atoms with Gasteiger partial charge in [0.1, 0.15) is 23.9 Å². The summed E-state index contributed by atoms with van der Waals surface area (Å²) in [5.41, 5.74) is 3.39. The molecule has 1 amide bonds. The molecule has 7 heteroatoms. The first-order chi connectivity index (χ1) is 15.4. The molecule has 0 unspecified atom stereocenters.